The summed E-state index contributed by atoms with van der Waals surface area (Å²) in [7, 11) is 0. The molecule has 104 valence electrons. The molecule has 1 aromatic heterocycles. The molecule has 0 spiro atoms. The van der Waals surface area contributed by atoms with E-state index in [0.717, 1.165) is 18.4 Å². The zero-order valence-corrected chi connectivity index (χ0v) is 11.3. The highest BCUT2D eigenvalue weighted by atomic mass is 16.5. The number of nitrogens with zero attached hydrogens (tertiary/aromatic N) is 2. The van der Waals surface area contributed by atoms with Crippen LogP contribution in [0.5, 0.6) is 5.88 Å². The lowest BCUT2D eigenvalue weighted by Gasteiger charge is -2.13. The summed E-state index contributed by atoms with van der Waals surface area (Å²) in [6.07, 6.45) is 4.85. The molecule has 20 heavy (non-hydrogen) atoms. The largest absolute Gasteiger partial charge is 0.474 e. The van der Waals surface area contributed by atoms with Crippen molar-refractivity contribution in [3.05, 3.63) is 42.1 Å². The molecule has 2 aromatic rings. The Hall–Kier alpha value is -1.94. The summed E-state index contributed by atoms with van der Waals surface area (Å²) in [4.78, 5) is 8.83. The molecule has 0 saturated heterocycles. The van der Waals surface area contributed by atoms with Gasteiger partial charge in [-0.3, -0.25) is 0 Å². The van der Waals surface area contributed by atoms with Crippen LogP contribution in [0.1, 0.15) is 31.4 Å². The Morgan fingerprint density at radius 3 is 2.55 bits per heavy atom. The zero-order chi connectivity index (χ0) is 13.8. The molecule has 0 amide bonds. The first-order chi connectivity index (χ1) is 9.85. The molecule has 0 bridgehead atoms. The van der Waals surface area contributed by atoms with Gasteiger partial charge in [0.2, 0.25) is 5.88 Å². The zero-order valence-electron chi connectivity index (χ0n) is 11.3. The summed E-state index contributed by atoms with van der Waals surface area (Å²) < 4.78 is 5.92. The minimum absolute atomic E-state index is 0.108. The Balaban J connectivity index is 1.90. The molecule has 1 heterocycles. The maximum absolute atomic E-state index is 9.35. The Labute approximate surface area is 118 Å². The molecule has 4 nitrogen and oxygen atoms in total. The number of benzene rings is 1. The predicted octanol–water partition coefficient (Wildman–Crippen LogP) is 2.96. The molecule has 1 aliphatic carbocycles. The molecule has 4 heteroatoms. The van der Waals surface area contributed by atoms with E-state index in [4.69, 9.17) is 4.74 Å². The van der Waals surface area contributed by atoms with Crippen LogP contribution in [0.2, 0.25) is 0 Å². The molecule has 1 aromatic carbocycles. The third kappa shape index (κ3) is 2.96. The van der Waals surface area contributed by atoms with E-state index in [1.54, 1.807) is 6.07 Å². The summed E-state index contributed by atoms with van der Waals surface area (Å²) in [6.45, 7) is -0.108. The van der Waals surface area contributed by atoms with Crippen LogP contribution in [-0.4, -0.2) is 21.2 Å². The average Bonchev–Trinajstić information content (AvgIpc) is 3.00. The van der Waals surface area contributed by atoms with E-state index in [-0.39, 0.29) is 12.7 Å². The van der Waals surface area contributed by atoms with Crippen molar-refractivity contribution in [3.63, 3.8) is 0 Å². The highest BCUT2D eigenvalue weighted by Crippen LogP contribution is 2.25. The number of hydrogen-bond donors (Lipinski definition) is 1. The van der Waals surface area contributed by atoms with Gasteiger partial charge in [-0.2, -0.15) is 4.98 Å². The standard InChI is InChI=1S/C16H18N2O2/c19-11-13-10-15(20-14-8-4-5-9-14)18-16(17-13)12-6-2-1-3-7-12/h1-3,6-7,10,14,19H,4-5,8-9,11H2. The van der Waals surface area contributed by atoms with E-state index in [9.17, 15) is 5.11 Å². The topological polar surface area (TPSA) is 55.2 Å². The van der Waals surface area contributed by atoms with Gasteiger partial charge in [0, 0.05) is 11.6 Å². The molecule has 3 rings (SSSR count). The molecule has 0 atom stereocenters. The summed E-state index contributed by atoms with van der Waals surface area (Å²) >= 11 is 0. The van der Waals surface area contributed by atoms with Gasteiger partial charge in [-0.05, 0) is 25.7 Å². The first kappa shape index (κ1) is 13.1. The first-order valence-electron chi connectivity index (χ1n) is 7.06. The quantitative estimate of drug-likeness (QED) is 0.928. The third-order valence-corrected chi connectivity index (χ3v) is 3.54. The minimum atomic E-state index is -0.108. The van der Waals surface area contributed by atoms with E-state index in [1.165, 1.54) is 12.8 Å². The SMILES string of the molecule is OCc1cc(OC2CCCC2)nc(-c2ccccc2)n1. The fourth-order valence-corrected chi connectivity index (χ4v) is 2.51. The van der Waals surface area contributed by atoms with E-state index in [0.29, 0.717) is 17.4 Å². The maximum Gasteiger partial charge on any atom is 0.217 e. The average molecular weight is 270 g/mol. The Kier molecular flexibility index (Phi) is 3.92. The van der Waals surface area contributed by atoms with Gasteiger partial charge in [-0.25, -0.2) is 4.98 Å². The molecule has 0 aliphatic heterocycles. The van der Waals surface area contributed by atoms with Gasteiger partial charge in [0.05, 0.1) is 12.3 Å². The van der Waals surface area contributed by atoms with Gasteiger partial charge in [0.15, 0.2) is 5.82 Å². The van der Waals surface area contributed by atoms with Crippen LogP contribution in [0.4, 0.5) is 0 Å². The second-order valence-corrected chi connectivity index (χ2v) is 5.07. The normalized spacial score (nSPS) is 15.4. The highest BCUT2D eigenvalue weighted by molar-refractivity contribution is 5.55. The molecule has 0 radical (unpaired) electrons. The molecule has 1 saturated carbocycles. The van der Waals surface area contributed by atoms with E-state index in [2.05, 4.69) is 9.97 Å². The van der Waals surface area contributed by atoms with Crippen molar-refractivity contribution < 1.29 is 9.84 Å². The van der Waals surface area contributed by atoms with Gasteiger partial charge in [-0.1, -0.05) is 30.3 Å². The highest BCUT2D eigenvalue weighted by Gasteiger charge is 2.18. The molecule has 1 fully saturated rings. The van der Waals surface area contributed by atoms with E-state index in [1.807, 2.05) is 30.3 Å². The number of aromatic nitrogens is 2. The summed E-state index contributed by atoms with van der Waals surface area (Å²) in [5, 5.41) is 9.35. The van der Waals surface area contributed by atoms with Crippen LogP contribution in [0.15, 0.2) is 36.4 Å². The predicted molar refractivity (Wildman–Crippen MR) is 76.3 cm³/mol. The number of rotatable bonds is 4. The minimum Gasteiger partial charge on any atom is -0.474 e. The second-order valence-electron chi connectivity index (χ2n) is 5.07. The van der Waals surface area contributed by atoms with Crippen LogP contribution in [0, 0.1) is 0 Å². The van der Waals surface area contributed by atoms with Gasteiger partial charge >= 0.3 is 0 Å². The third-order valence-electron chi connectivity index (χ3n) is 3.54. The van der Waals surface area contributed by atoms with Crippen LogP contribution in [0.3, 0.4) is 0 Å². The molecule has 1 aliphatic rings. The van der Waals surface area contributed by atoms with Crippen molar-refractivity contribution in [1.82, 2.24) is 9.97 Å². The number of aliphatic hydroxyl groups excluding tert-OH is 1. The Morgan fingerprint density at radius 1 is 1.10 bits per heavy atom. The first-order valence-corrected chi connectivity index (χ1v) is 7.06. The van der Waals surface area contributed by atoms with Crippen molar-refractivity contribution in [2.75, 3.05) is 0 Å². The van der Waals surface area contributed by atoms with Crippen molar-refractivity contribution in [2.45, 2.75) is 38.4 Å². The van der Waals surface area contributed by atoms with Crippen molar-refractivity contribution in [1.29, 1.82) is 0 Å². The van der Waals surface area contributed by atoms with Crippen molar-refractivity contribution in [2.24, 2.45) is 0 Å². The number of hydrogen-bond acceptors (Lipinski definition) is 4. The lowest BCUT2D eigenvalue weighted by molar-refractivity contribution is 0.200. The molecular formula is C16H18N2O2. The fourth-order valence-electron chi connectivity index (χ4n) is 2.51. The fraction of sp³-hybridized carbons (Fsp3) is 0.375. The molecule has 0 unspecified atom stereocenters. The second kappa shape index (κ2) is 6.01. The van der Waals surface area contributed by atoms with Crippen LogP contribution < -0.4 is 4.74 Å². The van der Waals surface area contributed by atoms with E-state index < -0.39 is 0 Å². The molecular weight excluding hydrogens is 252 g/mol. The monoisotopic (exact) mass is 270 g/mol. The van der Waals surface area contributed by atoms with Crippen molar-refractivity contribution >= 4 is 0 Å². The van der Waals surface area contributed by atoms with Crippen LogP contribution in [0.25, 0.3) is 11.4 Å². The lowest BCUT2D eigenvalue weighted by atomic mass is 10.2. The number of aliphatic hydroxyl groups is 1. The Bertz CT molecular complexity index is 566. The lowest BCUT2D eigenvalue weighted by Crippen LogP contribution is -2.13. The van der Waals surface area contributed by atoms with Crippen molar-refractivity contribution in [3.8, 4) is 17.3 Å². The van der Waals surface area contributed by atoms with Gasteiger partial charge in [0.1, 0.15) is 6.10 Å². The smallest absolute Gasteiger partial charge is 0.217 e. The summed E-state index contributed by atoms with van der Waals surface area (Å²) in [5.74, 6) is 1.17. The summed E-state index contributed by atoms with van der Waals surface area (Å²) in [5.41, 5.74) is 1.52. The van der Waals surface area contributed by atoms with Gasteiger partial charge < -0.3 is 9.84 Å². The van der Waals surface area contributed by atoms with Gasteiger partial charge in [0.25, 0.3) is 0 Å². The number of ether oxygens (including phenoxy) is 1. The van der Waals surface area contributed by atoms with Crippen LogP contribution in [-0.2, 0) is 6.61 Å². The Morgan fingerprint density at radius 2 is 1.85 bits per heavy atom. The van der Waals surface area contributed by atoms with Crippen LogP contribution >= 0.6 is 0 Å². The van der Waals surface area contributed by atoms with E-state index >= 15 is 0 Å². The van der Waals surface area contributed by atoms with Gasteiger partial charge in [-0.15, -0.1) is 0 Å². The summed E-state index contributed by atoms with van der Waals surface area (Å²) in [6, 6.07) is 11.5. The maximum atomic E-state index is 9.35. The molecule has 1 N–H and O–H groups in total.